The lowest BCUT2D eigenvalue weighted by molar-refractivity contribution is -0.122. The van der Waals surface area contributed by atoms with Crippen molar-refractivity contribution in [3.63, 3.8) is 0 Å². The largest absolute Gasteiger partial charge is 0.302 e. The highest BCUT2D eigenvalue weighted by atomic mass is 16.1. The zero-order valence-corrected chi connectivity index (χ0v) is 11.3. The fourth-order valence-corrected chi connectivity index (χ4v) is 1.27. The Morgan fingerprint density at radius 2 is 1.73 bits per heavy atom. The number of hydrogen-bond acceptors (Lipinski definition) is 2. The van der Waals surface area contributed by atoms with Crippen LogP contribution >= 0.6 is 0 Å². The minimum atomic E-state index is 0.199. The van der Waals surface area contributed by atoms with E-state index in [0.717, 1.165) is 25.8 Å². The summed E-state index contributed by atoms with van der Waals surface area (Å²) >= 11 is 0. The van der Waals surface area contributed by atoms with Gasteiger partial charge in [0.25, 0.3) is 0 Å². The van der Waals surface area contributed by atoms with Crippen LogP contribution in [0.25, 0.3) is 0 Å². The smallest absolute Gasteiger partial charge is 0.135 e. The Morgan fingerprint density at radius 1 is 1.20 bits per heavy atom. The van der Waals surface area contributed by atoms with Crippen LogP contribution in [-0.4, -0.2) is 29.8 Å². The molecule has 0 amide bonds. The molecule has 0 atom stereocenters. The second-order valence-electron chi connectivity index (χ2n) is 5.67. The lowest BCUT2D eigenvalue weighted by Crippen LogP contribution is -2.38. The van der Waals surface area contributed by atoms with E-state index >= 15 is 0 Å². The second-order valence-corrected chi connectivity index (χ2v) is 5.67. The summed E-state index contributed by atoms with van der Waals surface area (Å²) in [5.41, 5.74) is 0.238. The van der Waals surface area contributed by atoms with Gasteiger partial charge in [-0.1, -0.05) is 13.8 Å². The fraction of sp³-hybridized carbons (Fsp3) is 0.923. The molecule has 0 bridgehead atoms. The molecule has 0 N–H and O–H groups in total. The number of nitrogens with zero attached hydrogens (tertiary/aromatic N) is 1. The van der Waals surface area contributed by atoms with Gasteiger partial charge in [0.1, 0.15) is 5.78 Å². The standard InChI is InChI=1S/C13H27NO/c1-11(2)12(15)9-7-8-10-14(6)13(3,4)5/h11H,7-10H2,1-6H3. The van der Waals surface area contributed by atoms with Crippen molar-refractivity contribution in [2.75, 3.05) is 13.6 Å². The summed E-state index contributed by atoms with van der Waals surface area (Å²) in [4.78, 5) is 13.7. The molecular weight excluding hydrogens is 186 g/mol. The summed E-state index contributed by atoms with van der Waals surface area (Å²) in [5, 5.41) is 0. The van der Waals surface area contributed by atoms with Gasteiger partial charge in [-0.3, -0.25) is 4.79 Å². The zero-order valence-electron chi connectivity index (χ0n) is 11.3. The van der Waals surface area contributed by atoms with Crippen LogP contribution in [0.4, 0.5) is 0 Å². The molecule has 0 fully saturated rings. The highest BCUT2D eigenvalue weighted by Gasteiger charge is 2.16. The van der Waals surface area contributed by atoms with E-state index in [1.807, 2.05) is 13.8 Å². The number of hydrogen-bond donors (Lipinski definition) is 0. The molecule has 0 heterocycles. The molecule has 0 aliphatic carbocycles. The molecule has 0 aliphatic rings. The number of Topliss-reactive ketones (excluding diaryl/α,β-unsaturated/α-hetero) is 1. The summed E-state index contributed by atoms with van der Waals surface area (Å²) in [6.45, 7) is 11.7. The van der Waals surface area contributed by atoms with Crippen LogP contribution in [0.1, 0.15) is 53.9 Å². The number of carbonyl (C=O) groups is 1. The van der Waals surface area contributed by atoms with Crippen molar-refractivity contribution < 1.29 is 4.79 Å². The predicted molar refractivity (Wildman–Crippen MR) is 66.1 cm³/mol. The first-order valence-electron chi connectivity index (χ1n) is 5.99. The van der Waals surface area contributed by atoms with E-state index in [9.17, 15) is 4.79 Å². The first kappa shape index (κ1) is 14.6. The molecule has 2 nitrogen and oxygen atoms in total. The molecule has 0 aromatic heterocycles. The van der Waals surface area contributed by atoms with Crippen LogP contribution in [0.3, 0.4) is 0 Å². The Morgan fingerprint density at radius 3 is 2.13 bits per heavy atom. The first-order chi connectivity index (χ1) is 6.75. The van der Waals surface area contributed by atoms with Crippen molar-refractivity contribution in [1.82, 2.24) is 4.90 Å². The van der Waals surface area contributed by atoms with Gasteiger partial charge in [-0.2, -0.15) is 0 Å². The Labute approximate surface area is 95.0 Å². The van der Waals surface area contributed by atoms with Gasteiger partial charge in [-0.05, 0) is 47.2 Å². The van der Waals surface area contributed by atoms with Crippen molar-refractivity contribution in [2.45, 2.75) is 59.4 Å². The van der Waals surface area contributed by atoms with Crippen molar-refractivity contribution in [1.29, 1.82) is 0 Å². The van der Waals surface area contributed by atoms with Gasteiger partial charge in [0.15, 0.2) is 0 Å². The van der Waals surface area contributed by atoms with Crippen LogP contribution in [0.5, 0.6) is 0 Å². The number of rotatable bonds is 6. The molecule has 90 valence electrons. The van der Waals surface area contributed by atoms with Gasteiger partial charge in [-0.15, -0.1) is 0 Å². The van der Waals surface area contributed by atoms with Crippen molar-refractivity contribution in [3.05, 3.63) is 0 Å². The maximum Gasteiger partial charge on any atom is 0.135 e. The topological polar surface area (TPSA) is 20.3 Å². The molecule has 0 radical (unpaired) electrons. The first-order valence-corrected chi connectivity index (χ1v) is 5.99. The quantitative estimate of drug-likeness (QED) is 0.632. The molecule has 0 aliphatic heterocycles. The third-order valence-corrected chi connectivity index (χ3v) is 2.96. The Hall–Kier alpha value is -0.370. The van der Waals surface area contributed by atoms with E-state index in [2.05, 4.69) is 32.7 Å². The average molecular weight is 213 g/mol. The van der Waals surface area contributed by atoms with Crippen LogP contribution in [-0.2, 0) is 4.79 Å². The Balaban J connectivity index is 3.60. The fourth-order valence-electron chi connectivity index (χ4n) is 1.27. The molecule has 0 saturated carbocycles. The monoisotopic (exact) mass is 213 g/mol. The second kappa shape index (κ2) is 6.26. The average Bonchev–Trinajstić information content (AvgIpc) is 2.09. The molecule has 0 aromatic carbocycles. The van der Waals surface area contributed by atoms with E-state index in [1.54, 1.807) is 0 Å². The minimum absolute atomic E-state index is 0.199. The lowest BCUT2D eigenvalue weighted by Gasteiger charge is -2.31. The SMILES string of the molecule is CC(C)C(=O)CCCCN(C)C(C)(C)C. The summed E-state index contributed by atoms with van der Waals surface area (Å²) in [5.74, 6) is 0.596. The Kier molecular flexibility index (Phi) is 6.11. The molecule has 2 heteroatoms. The number of carbonyl (C=O) groups excluding carboxylic acids is 1. The van der Waals surface area contributed by atoms with E-state index < -0.39 is 0 Å². The normalized spacial score (nSPS) is 12.5. The molecule has 0 saturated heterocycles. The third kappa shape index (κ3) is 6.67. The molecule has 0 unspecified atom stereocenters. The van der Waals surface area contributed by atoms with Crippen LogP contribution in [0.15, 0.2) is 0 Å². The molecule has 15 heavy (non-hydrogen) atoms. The molecule has 0 aromatic rings. The maximum atomic E-state index is 11.4. The lowest BCUT2D eigenvalue weighted by atomic mass is 10.0. The van der Waals surface area contributed by atoms with Gasteiger partial charge in [0, 0.05) is 17.9 Å². The van der Waals surface area contributed by atoms with Gasteiger partial charge in [-0.25, -0.2) is 0 Å². The van der Waals surface area contributed by atoms with Crippen molar-refractivity contribution in [2.24, 2.45) is 5.92 Å². The van der Waals surface area contributed by atoms with E-state index in [0.29, 0.717) is 5.78 Å². The van der Waals surface area contributed by atoms with Crippen molar-refractivity contribution in [3.8, 4) is 0 Å². The molecule has 0 rings (SSSR count). The number of ketones is 1. The van der Waals surface area contributed by atoms with E-state index in [4.69, 9.17) is 0 Å². The molecular formula is C13H27NO. The minimum Gasteiger partial charge on any atom is -0.302 e. The van der Waals surface area contributed by atoms with Crippen LogP contribution < -0.4 is 0 Å². The highest BCUT2D eigenvalue weighted by Crippen LogP contribution is 2.12. The van der Waals surface area contributed by atoms with Gasteiger partial charge < -0.3 is 4.90 Å². The predicted octanol–water partition coefficient (Wildman–Crippen LogP) is 3.11. The van der Waals surface area contributed by atoms with E-state index in [1.165, 1.54) is 0 Å². The maximum absolute atomic E-state index is 11.4. The summed E-state index contributed by atoms with van der Waals surface area (Å²) in [6.07, 6.45) is 2.89. The van der Waals surface area contributed by atoms with Gasteiger partial charge in [0.2, 0.25) is 0 Å². The van der Waals surface area contributed by atoms with Gasteiger partial charge in [0.05, 0.1) is 0 Å². The summed E-state index contributed by atoms with van der Waals surface area (Å²) in [6, 6.07) is 0. The summed E-state index contributed by atoms with van der Waals surface area (Å²) in [7, 11) is 2.14. The van der Waals surface area contributed by atoms with E-state index in [-0.39, 0.29) is 11.5 Å². The Bertz CT molecular complexity index is 191. The summed E-state index contributed by atoms with van der Waals surface area (Å²) < 4.78 is 0. The third-order valence-electron chi connectivity index (χ3n) is 2.96. The zero-order chi connectivity index (χ0) is 12.1. The van der Waals surface area contributed by atoms with Crippen LogP contribution in [0, 0.1) is 5.92 Å². The highest BCUT2D eigenvalue weighted by molar-refractivity contribution is 5.80. The van der Waals surface area contributed by atoms with Crippen LogP contribution in [0.2, 0.25) is 0 Å². The molecule has 0 spiro atoms. The number of unbranched alkanes of at least 4 members (excludes halogenated alkanes) is 1. The van der Waals surface area contributed by atoms with Gasteiger partial charge >= 0.3 is 0 Å². The van der Waals surface area contributed by atoms with Crippen molar-refractivity contribution >= 4 is 5.78 Å².